The summed E-state index contributed by atoms with van der Waals surface area (Å²) in [5.74, 6) is 3.30. The lowest BCUT2D eigenvalue weighted by molar-refractivity contribution is 0.328. The smallest absolute Gasteiger partial charge is 0.164 e. The topological polar surface area (TPSA) is 64.0 Å². The zero-order valence-electron chi connectivity index (χ0n) is 21.6. The minimum atomic E-state index is 0. The van der Waals surface area contributed by atoms with Crippen molar-refractivity contribution in [3.8, 4) is 29.1 Å². The molecule has 0 saturated carbocycles. The summed E-state index contributed by atoms with van der Waals surface area (Å²) in [6.07, 6.45) is 3.14. The zero-order chi connectivity index (χ0) is 24.4. The summed E-state index contributed by atoms with van der Waals surface area (Å²) in [6, 6.07) is 10.5. The summed E-state index contributed by atoms with van der Waals surface area (Å²) in [5, 5.41) is 9.33. The number of likely N-dealkylation sites (N-methyl/N-ethyl adjacent to an activating group) is 1. The van der Waals surface area contributed by atoms with Gasteiger partial charge in [0.25, 0.3) is 0 Å². The van der Waals surface area contributed by atoms with Gasteiger partial charge in [-0.15, -0.1) is 12.4 Å². The van der Waals surface area contributed by atoms with E-state index in [1.54, 1.807) is 28.4 Å². The molecular weight excluding hydrogens is 452 g/mol. The number of rotatable bonds is 13. The van der Waals surface area contributed by atoms with Crippen LogP contribution in [0.15, 0.2) is 24.3 Å². The molecule has 0 heterocycles. The van der Waals surface area contributed by atoms with Crippen LogP contribution in [0, 0.1) is 11.3 Å². The second-order valence-corrected chi connectivity index (χ2v) is 8.51. The summed E-state index contributed by atoms with van der Waals surface area (Å²) in [7, 11) is 8.81. The molecule has 0 spiro atoms. The van der Waals surface area contributed by atoms with Gasteiger partial charge in [-0.05, 0) is 67.6 Å². The Morgan fingerprint density at radius 2 is 1.53 bits per heavy atom. The van der Waals surface area contributed by atoms with Gasteiger partial charge in [0, 0.05) is 12.1 Å². The number of ether oxygens (including phenoxy) is 4. The minimum Gasteiger partial charge on any atom is -0.493 e. The quantitative estimate of drug-likeness (QED) is 0.372. The largest absolute Gasteiger partial charge is 0.493 e. The van der Waals surface area contributed by atoms with Crippen molar-refractivity contribution in [2.75, 3.05) is 48.6 Å². The minimum absolute atomic E-state index is 0. The van der Waals surface area contributed by atoms with E-state index in [1.807, 2.05) is 12.1 Å². The van der Waals surface area contributed by atoms with Gasteiger partial charge in [-0.2, -0.15) is 5.26 Å². The molecule has 34 heavy (non-hydrogen) atoms. The standard InChI is InChI=1S/C27H38N2O4.ClH/c1-19(2)25-21(12-14-28)18-22(26(32-6)27(25)33-7)9-8-15-29(3)16-13-20-10-11-23(30-4)24(17-20)31-5;/h10-11,17-19H,8-9,12-13,15-16H2,1-7H3;1H. The van der Waals surface area contributed by atoms with Crippen LogP contribution in [0.25, 0.3) is 0 Å². The Bertz CT molecular complexity index is 957. The van der Waals surface area contributed by atoms with Gasteiger partial charge < -0.3 is 23.8 Å². The molecular formula is C27H39ClN2O4. The van der Waals surface area contributed by atoms with Crippen molar-refractivity contribution in [1.29, 1.82) is 5.26 Å². The third kappa shape index (κ3) is 7.44. The molecule has 0 aromatic heterocycles. The van der Waals surface area contributed by atoms with E-state index >= 15 is 0 Å². The molecule has 0 bridgehead atoms. The van der Waals surface area contributed by atoms with Crippen molar-refractivity contribution in [1.82, 2.24) is 4.90 Å². The number of hydrogen-bond donors (Lipinski definition) is 0. The predicted octanol–water partition coefficient (Wildman–Crippen LogP) is 5.44. The van der Waals surface area contributed by atoms with Crippen LogP contribution in [0.3, 0.4) is 0 Å². The number of benzene rings is 2. The average molecular weight is 491 g/mol. The highest BCUT2D eigenvalue weighted by Gasteiger charge is 2.21. The van der Waals surface area contributed by atoms with Crippen LogP contribution in [-0.2, 0) is 19.3 Å². The zero-order valence-corrected chi connectivity index (χ0v) is 22.4. The van der Waals surface area contributed by atoms with Crippen LogP contribution in [0.1, 0.15) is 48.4 Å². The van der Waals surface area contributed by atoms with E-state index in [9.17, 15) is 5.26 Å². The Morgan fingerprint density at radius 1 is 0.853 bits per heavy atom. The Hall–Kier alpha value is -2.62. The fraction of sp³-hybridized carbons (Fsp3) is 0.519. The van der Waals surface area contributed by atoms with Gasteiger partial charge in [0.1, 0.15) is 0 Å². The Kier molecular flexibility index (Phi) is 12.6. The van der Waals surface area contributed by atoms with E-state index in [0.717, 1.165) is 72.0 Å². The molecule has 2 rings (SSSR count). The first-order valence-electron chi connectivity index (χ1n) is 11.4. The first-order chi connectivity index (χ1) is 15.9. The molecule has 0 atom stereocenters. The van der Waals surface area contributed by atoms with Gasteiger partial charge in [-0.25, -0.2) is 0 Å². The van der Waals surface area contributed by atoms with Crippen molar-refractivity contribution >= 4 is 12.4 Å². The van der Waals surface area contributed by atoms with E-state index in [2.05, 4.69) is 44.0 Å². The van der Waals surface area contributed by atoms with Crippen LogP contribution in [0.5, 0.6) is 23.0 Å². The number of nitrogens with zero attached hydrogens (tertiary/aromatic N) is 2. The normalized spacial score (nSPS) is 10.6. The number of methoxy groups -OCH3 is 4. The maximum atomic E-state index is 9.33. The van der Waals surface area contributed by atoms with Crippen LogP contribution in [0.4, 0.5) is 0 Å². The lowest BCUT2D eigenvalue weighted by Crippen LogP contribution is -2.23. The second kappa shape index (κ2) is 14.6. The van der Waals surface area contributed by atoms with E-state index in [4.69, 9.17) is 18.9 Å². The van der Waals surface area contributed by atoms with E-state index in [1.165, 1.54) is 5.56 Å². The fourth-order valence-corrected chi connectivity index (χ4v) is 4.25. The van der Waals surface area contributed by atoms with Crippen LogP contribution >= 0.6 is 12.4 Å². The van der Waals surface area contributed by atoms with Crippen molar-refractivity contribution in [2.24, 2.45) is 0 Å². The Morgan fingerprint density at radius 3 is 2.09 bits per heavy atom. The summed E-state index contributed by atoms with van der Waals surface area (Å²) >= 11 is 0. The van der Waals surface area contributed by atoms with Crippen LogP contribution < -0.4 is 18.9 Å². The monoisotopic (exact) mass is 490 g/mol. The number of aryl methyl sites for hydroxylation is 1. The number of nitriles is 1. The summed E-state index contributed by atoms with van der Waals surface area (Å²) in [6.45, 7) is 6.14. The van der Waals surface area contributed by atoms with Gasteiger partial charge in [0.2, 0.25) is 0 Å². The lowest BCUT2D eigenvalue weighted by Gasteiger charge is -2.22. The van der Waals surface area contributed by atoms with E-state index < -0.39 is 0 Å². The molecule has 0 amide bonds. The van der Waals surface area contributed by atoms with E-state index in [0.29, 0.717) is 6.42 Å². The molecule has 0 fully saturated rings. The maximum Gasteiger partial charge on any atom is 0.164 e. The van der Waals surface area contributed by atoms with E-state index in [-0.39, 0.29) is 18.3 Å². The Labute approximate surface area is 211 Å². The first-order valence-corrected chi connectivity index (χ1v) is 11.4. The van der Waals surface area contributed by atoms with Crippen LogP contribution in [0.2, 0.25) is 0 Å². The van der Waals surface area contributed by atoms with Crippen molar-refractivity contribution in [3.05, 3.63) is 46.5 Å². The molecule has 2 aromatic carbocycles. The van der Waals surface area contributed by atoms with Crippen LogP contribution in [-0.4, -0.2) is 53.5 Å². The third-order valence-corrected chi connectivity index (χ3v) is 5.91. The van der Waals surface area contributed by atoms with Gasteiger partial charge in [-0.1, -0.05) is 26.0 Å². The molecule has 7 heteroatoms. The molecule has 0 aliphatic heterocycles. The summed E-state index contributed by atoms with van der Waals surface area (Å²) in [5.41, 5.74) is 4.40. The number of hydrogen-bond acceptors (Lipinski definition) is 6. The van der Waals surface area contributed by atoms with Crippen molar-refractivity contribution < 1.29 is 18.9 Å². The molecule has 0 aliphatic carbocycles. The highest BCUT2D eigenvalue weighted by molar-refractivity contribution is 5.85. The Balaban J connectivity index is 0.00000578. The van der Waals surface area contributed by atoms with Gasteiger partial charge in [0.15, 0.2) is 23.0 Å². The maximum absolute atomic E-state index is 9.33. The highest BCUT2D eigenvalue weighted by atomic mass is 35.5. The van der Waals surface area contributed by atoms with Gasteiger partial charge >= 0.3 is 0 Å². The first kappa shape index (κ1) is 29.4. The van der Waals surface area contributed by atoms with Gasteiger partial charge in [-0.3, -0.25) is 0 Å². The fourth-order valence-electron chi connectivity index (χ4n) is 4.25. The average Bonchev–Trinajstić information content (AvgIpc) is 2.81. The van der Waals surface area contributed by atoms with Crippen molar-refractivity contribution in [2.45, 2.75) is 45.4 Å². The molecule has 0 saturated heterocycles. The molecule has 6 nitrogen and oxygen atoms in total. The number of halogens is 1. The lowest BCUT2D eigenvalue weighted by atomic mass is 9.90. The third-order valence-electron chi connectivity index (χ3n) is 5.91. The van der Waals surface area contributed by atoms with Crippen molar-refractivity contribution in [3.63, 3.8) is 0 Å². The highest BCUT2D eigenvalue weighted by Crippen LogP contribution is 2.41. The second-order valence-electron chi connectivity index (χ2n) is 8.51. The SMILES string of the molecule is COc1ccc(CCN(C)CCCc2cc(CC#N)c(C(C)C)c(OC)c2OC)cc1OC.Cl. The molecule has 0 N–H and O–H groups in total. The molecule has 2 aromatic rings. The predicted molar refractivity (Wildman–Crippen MR) is 139 cm³/mol. The summed E-state index contributed by atoms with van der Waals surface area (Å²) < 4.78 is 22.2. The van der Waals surface area contributed by atoms with Gasteiger partial charge in [0.05, 0.1) is 40.9 Å². The molecule has 0 radical (unpaired) electrons. The molecule has 188 valence electrons. The summed E-state index contributed by atoms with van der Waals surface area (Å²) in [4.78, 5) is 2.33. The molecule has 0 aliphatic rings. The molecule has 0 unspecified atom stereocenters.